The van der Waals surface area contributed by atoms with Crippen molar-refractivity contribution in [1.82, 2.24) is 24.6 Å². The second-order valence-electron chi connectivity index (χ2n) is 7.75. The fraction of sp³-hybridized carbons (Fsp3) is 0.200. The molecule has 166 valence electrons. The van der Waals surface area contributed by atoms with Crippen LogP contribution in [-0.2, 0) is 17.9 Å². The van der Waals surface area contributed by atoms with E-state index in [1.807, 2.05) is 59.2 Å². The molecule has 8 nitrogen and oxygen atoms in total. The van der Waals surface area contributed by atoms with E-state index in [0.717, 1.165) is 33.8 Å². The molecule has 33 heavy (non-hydrogen) atoms. The second-order valence-corrected chi connectivity index (χ2v) is 7.75. The van der Waals surface area contributed by atoms with Gasteiger partial charge in [0.15, 0.2) is 11.6 Å². The van der Waals surface area contributed by atoms with Crippen LogP contribution in [-0.4, -0.2) is 44.8 Å². The predicted molar refractivity (Wildman–Crippen MR) is 123 cm³/mol. The van der Waals surface area contributed by atoms with Crippen LogP contribution in [0.4, 0.5) is 0 Å². The lowest BCUT2D eigenvalue weighted by atomic mass is 10.0. The highest BCUT2D eigenvalue weighted by Gasteiger charge is 2.27. The molecule has 0 radical (unpaired) electrons. The van der Waals surface area contributed by atoms with Crippen LogP contribution in [0.15, 0.2) is 60.7 Å². The Morgan fingerprint density at radius 1 is 0.879 bits per heavy atom. The summed E-state index contributed by atoms with van der Waals surface area (Å²) in [6.07, 6.45) is 0. The molecular formula is C25H23N5O3. The SMILES string of the molecule is COc1ccc2c(n1)CN(C(C)=O)Cc1nnc(-c3ccc(-c4ccccc4OC)cc3)n1-2. The van der Waals surface area contributed by atoms with Crippen LogP contribution in [0.1, 0.15) is 18.4 Å². The quantitative estimate of drug-likeness (QED) is 0.478. The smallest absolute Gasteiger partial charge is 0.220 e. The van der Waals surface area contributed by atoms with Crippen molar-refractivity contribution in [3.05, 3.63) is 72.2 Å². The highest BCUT2D eigenvalue weighted by atomic mass is 16.5. The fourth-order valence-electron chi connectivity index (χ4n) is 4.08. The van der Waals surface area contributed by atoms with Crippen molar-refractivity contribution in [1.29, 1.82) is 0 Å². The first-order valence-electron chi connectivity index (χ1n) is 10.6. The van der Waals surface area contributed by atoms with Crippen LogP contribution >= 0.6 is 0 Å². The lowest BCUT2D eigenvalue weighted by Crippen LogP contribution is -2.27. The second kappa shape index (κ2) is 8.38. The molecule has 0 N–H and O–H groups in total. The van der Waals surface area contributed by atoms with E-state index < -0.39 is 0 Å². The summed E-state index contributed by atoms with van der Waals surface area (Å²) < 4.78 is 12.8. The molecule has 2 aromatic heterocycles. The number of nitrogens with zero attached hydrogens (tertiary/aromatic N) is 5. The van der Waals surface area contributed by atoms with E-state index in [1.165, 1.54) is 0 Å². The minimum absolute atomic E-state index is 0.0512. The number of hydrogen-bond acceptors (Lipinski definition) is 6. The number of aromatic nitrogens is 4. The van der Waals surface area contributed by atoms with Gasteiger partial charge in [-0.3, -0.25) is 9.36 Å². The number of rotatable bonds is 4. The van der Waals surface area contributed by atoms with E-state index >= 15 is 0 Å². The fourth-order valence-corrected chi connectivity index (χ4v) is 4.08. The van der Waals surface area contributed by atoms with E-state index in [4.69, 9.17) is 9.47 Å². The van der Waals surface area contributed by atoms with E-state index in [0.29, 0.717) is 30.6 Å². The van der Waals surface area contributed by atoms with Crippen molar-refractivity contribution in [3.8, 4) is 39.8 Å². The van der Waals surface area contributed by atoms with Gasteiger partial charge in [-0.25, -0.2) is 4.98 Å². The molecule has 0 saturated carbocycles. The molecule has 1 amide bonds. The molecule has 0 bridgehead atoms. The highest BCUT2D eigenvalue weighted by molar-refractivity contribution is 5.75. The van der Waals surface area contributed by atoms with Gasteiger partial charge in [-0.2, -0.15) is 0 Å². The monoisotopic (exact) mass is 441 g/mol. The summed E-state index contributed by atoms with van der Waals surface area (Å²) in [4.78, 5) is 18.5. The number of amides is 1. The van der Waals surface area contributed by atoms with Crippen molar-refractivity contribution in [2.24, 2.45) is 0 Å². The van der Waals surface area contributed by atoms with E-state index in [-0.39, 0.29) is 5.91 Å². The molecule has 8 heteroatoms. The van der Waals surface area contributed by atoms with Crippen molar-refractivity contribution in [2.45, 2.75) is 20.0 Å². The first-order valence-corrected chi connectivity index (χ1v) is 10.6. The highest BCUT2D eigenvalue weighted by Crippen LogP contribution is 2.33. The average molecular weight is 441 g/mol. The van der Waals surface area contributed by atoms with Gasteiger partial charge in [-0.15, -0.1) is 10.2 Å². The van der Waals surface area contributed by atoms with Crippen molar-refractivity contribution in [2.75, 3.05) is 14.2 Å². The van der Waals surface area contributed by atoms with Crippen molar-refractivity contribution < 1.29 is 14.3 Å². The minimum Gasteiger partial charge on any atom is -0.496 e. The van der Waals surface area contributed by atoms with E-state index in [1.54, 1.807) is 32.1 Å². The van der Waals surface area contributed by atoms with Gasteiger partial charge in [-0.05, 0) is 17.7 Å². The summed E-state index contributed by atoms with van der Waals surface area (Å²) in [5.41, 5.74) is 4.54. The van der Waals surface area contributed by atoms with Crippen molar-refractivity contribution >= 4 is 5.91 Å². The molecule has 0 aliphatic carbocycles. The number of carbonyl (C=O) groups excluding carboxylic acids is 1. The molecule has 0 saturated heterocycles. The predicted octanol–water partition coefficient (Wildman–Crippen LogP) is 3.88. The van der Waals surface area contributed by atoms with Gasteiger partial charge in [0.25, 0.3) is 0 Å². The van der Waals surface area contributed by atoms with E-state index in [2.05, 4.69) is 15.2 Å². The molecule has 5 rings (SSSR count). The van der Waals surface area contributed by atoms with Gasteiger partial charge in [0, 0.05) is 24.1 Å². The van der Waals surface area contributed by atoms with Crippen LogP contribution in [0.3, 0.4) is 0 Å². The zero-order valence-corrected chi connectivity index (χ0v) is 18.6. The first-order chi connectivity index (χ1) is 16.1. The van der Waals surface area contributed by atoms with Crippen LogP contribution in [0, 0.1) is 0 Å². The molecule has 1 aliphatic rings. The third-order valence-electron chi connectivity index (χ3n) is 5.78. The number of ether oxygens (including phenoxy) is 2. The molecule has 0 unspecified atom stereocenters. The maximum Gasteiger partial charge on any atom is 0.220 e. The molecule has 0 fully saturated rings. The maximum atomic E-state index is 12.2. The standard InChI is InChI=1S/C25H23N5O3/c1-16(31)29-14-20-21(12-13-24(26-20)33-3)30-23(15-29)27-28-25(30)18-10-8-17(9-11-18)19-6-4-5-7-22(19)32-2/h4-13H,14-15H2,1-3H3. The Morgan fingerprint density at radius 2 is 1.64 bits per heavy atom. The van der Waals surface area contributed by atoms with Gasteiger partial charge < -0.3 is 14.4 Å². The molecular weight excluding hydrogens is 418 g/mol. The number of carbonyl (C=O) groups is 1. The minimum atomic E-state index is -0.0512. The zero-order chi connectivity index (χ0) is 22.9. The normalized spacial score (nSPS) is 12.5. The third-order valence-corrected chi connectivity index (χ3v) is 5.78. The molecule has 0 atom stereocenters. The molecule has 2 aromatic carbocycles. The van der Waals surface area contributed by atoms with Crippen LogP contribution in [0.25, 0.3) is 28.2 Å². The number of benzene rings is 2. The Bertz CT molecular complexity index is 1330. The average Bonchev–Trinajstić information content (AvgIpc) is 3.19. The maximum absolute atomic E-state index is 12.2. The van der Waals surface area contributed by atoms with Crippen molar-refractivity contribution in [3.63, 3.8) is 0 Å². The topological polar surface area (TPSA) is 82.4 Å². The molecule has 0 spiro atoms. The molecule has 3 heterocycles. The van der Waals surface area contributed by atoms with Gasteiger partial charge >= 0.3 is 0 Å². The van der Waals surface area contributed by atoms with Gasteiger partial charge in [0.2, 0.25) is 11.8 Å². The summed E-state index contributed by atoms with van der Waals surface area (Å²) in [6, 6.07) is 19.8. The Hall–Kier alpha value is -4.20. The Labute approximate surface area is 191 Å². The Balaban J connectivity index is 1.60. The summed E-state index contributed by atoms with van der Waals surface area (Å²) in [5, 5.41) is 8.89. The largest absolute Gasteiger partial charge is 0.496 e. The van der Waals surface area contributed by atoms with Crippen LogP contribution < -0.4 is 9.47 Å². The van der Waals surface area contributed by atoms with Gasteiger partial charge in [0.05, 0.1) is 38.7 Å². The Morgan fingerprint density at radius 3 is 2.36 bits per heavy atom. The number of fused-ring (bicyclic) bond motifs is 3. The first kappa shape index (κ1) is 20.7. The summed E-state index contributed by atoms with van der Waals surface area (Å²) >= 11 is 0. The Kier molecular flexibility index (Phi) is 5.26. The number of para-hydroxylation sites is 1. The van der Waals surface area contributed by atoms with E-state index in [9.17, 15) is 4.79 Å². The van der Waals surface area contributed by atoms with Crippen LogP contribution in [0.2, 0.25) is 0 Å². The lowest BCUT2D eigenvalue weighted by Gasteiger charge is -2.17. The summed E-state index contributed by atoms with van der Waals surface area (Å²) in [7, 11) is 3.25. The lowest BCUT2D eigenvalue weighted by molar-refractivity contribution is -0.130. The third kappa shape index (κ3) is 3.69. The van der Waals surface area contributed by atoms with Gasteiger partial charge in [-0.1, -0.05) is 42.5 Å². The zero-order valence-electron chi connectivity index (χ0n) is 18.6. The molecule has 1 aliphatic heterocycles. The number of methoxy groups -OCH3 is 2. The summed E-state index contributed by atoms with van der Waals surface area (Å²) in [5.74, 6) is 2.64. The molecule has 4 aromatic rings. The van der Waals surface area contributed by atoms with Crippen LogP contribution in [0.5, 0.6) is 11.6 Å². The summed E-state index contributed by atoms with van der Waals surface area (Å²) in [6.45, 7) is 2.26. The van der Waals surface area contributed by atoms with Gasteiger partial charge in [0.1, 0.15) is 5.75 Å². The number of pyridine rings is 1. The number of hydrogen-bond donors (Lipinski definition) is 0.